The largest absolute Gasteiger partial charge is 0.378 e. The van der Waals surface area contributed by atoms with E-state index in [9.17, 15) is 0 Å². The molecule has 1 aliphatic carbocycles. The summed E-state index contributed by atoms with van der Waals surface area (Å²) in [4.78, 5) is 2.14. The van der Waals surface area contributed by atoms with Crippen LogP contribution in [0.15, 0.2) is 24.3 Å². The molecule has 3 unspecified atom stereocenters. The zero-order valence-electron chi connectivity index (χ0n) is 12.8. The fraction of sp³-hybridized carbons (Fsp3) is 0.647. The number of anilines is 1. The molecule has 3 atom stereocenters. The molecule has 2 rings (SSSR count). The topological polar surface area (TPSA) is 15.3 Å². The van der Waals surface area contributed by atoms with Crippen molar-refractivity contribution >= 4 is 5.69 Å². The average molecular weight is 260 g/mol. The highest BCUT2D eigenvalue weighted by molar-refractivity contribution is 5.45. The maximum absolute atomic E-state index is 3.75. The van der Waals surface area contributed by atoms with Crippen molar-refractivity contribution in [2.45, 2.75) is 45.7 Å². The minimum absolute atomic E-state index is 0.692. The normalized spacial score (nSPS) is 27.3. The van der Waals surface area contributed by atoms with E-state index in [2.05, 4.69) is 62.4 Å². The Hall–Kier alpha value is -1.02. The molecule has 1 N–H and O–H groups in total. The SMILES string of the molecule is CC1CCC(C)C(NCc2ccc(N(C)C)cc2)C1. The Balaban J connectivity index is 1.87. The van der Waals surface area contributed by atoms with Gasteiger partial charge in [0.2, 0.25) is 0 Å². The van der Waals surface area contributed by atoms with Crippen molar-refractivity contribution in [3.8, 4) is 0 Å². The molecule has 1 aromatic carbocycles. The first kappa shape index (κ1) is 14.4. The molecule has 0 radical (unpaired) electrons. The summed E-state index contributed by atoms with van der Waals surface area (Å²) in [5.74, 6) is 1.70. The average Bonchev–Trinajstić information content (AvgIpc) is 2.40. The van der Waals surface area contributed by atoms with Crippen molar-refractivity contribution in [1.29, 1.82) is 0 Å². The third kappa shape index (κ3) is 3.97. The molecule has 0 saturated heterocycles. The molecular weight excluding hydrogens is 232 g/mol. The molecule has 19 heavy (non-hydrogen) atoms. The lowest BCUT2D eigenvalue weighted by Gasteiger charge is -2.33. The standard InChI is InChI=1S/C17H28N2/c1-13-5-6-14(2)17(11-13)18-12-15-7-9-16(10-8-15)19(3)4/h7-10,13-14,17-18H,5-6,11-12H2,1-4H3. The van der Waals surface area contributed by atoms with Gasteiger partial charge in [-0.1, -0.05) is 32.4 Å². The van der Waals surface area contributed by atoms with Crippen LogP contribution >= 0.6 is 0 Å². The molecule has 0 aliphatic heterocycles. The first-order chi connectivity index (χ1) is 9.06. The van der Waals surface area contributed by atoms with Gasteiger partial charge in [0.15, 0.2) is 0 Å². The van der Waals surface area contributed by atoms with Crippen LogP contribution in [0.3, 0.4) is 0 Å². The van der Waals surface area contributed by atoms with Gasteiger partial charge in [0.1, 0.15) is 0 Å². The second-order valence-corrected chi connectivity index (χ2v) is 6.44. The number of nitrogens with zero attached hydrogens (tertiary/aromatic N) is 1. The summed E-state index contributed by atoms with van der Waals surface area (Å²) in [5.41, 5.74) is 2.65. The lowest BCUT2D eigenvalue weighted by molar-refractivity contribution is 0.227. The third-order valence-corrected chi connectivity index (χ3v) is 4.48. The number of hydrogen-bond acceptors (Lipinski definition) is 2. The predicted octanol–water partition coefficient (Wildman–Crippen LogP) is 3.67. The maximum Gasteiger partial charge on any atom is 0.0361 e. The number of nitrogens with one attached hydrogen (secondary N) is 1. The Morgan fingerprint density at radius 2 is 1.79 bits per heavy atom. The van der Waals surface area contributed by atoms with Crippen LogP contribution < -0.4 is 10.2 Å². The van der Waals surface area contributed by atoms with Crippen LogP contribution in [0.25, 0.3) is 0 Å². The second kappa shape index (κ2) is 6.42. The van der Waals surface area contributed by atoms with Crippen molar-refractivity contribution < 1.29 is 0 Å². The zero-order valence-corrected chi connectivity index (χ0v) is 12.8. The zero-order chi connectivity index (χ0) is 13.8. The Labute approximate surface area is 118 Å². The van der Waals surface area contributed by atoms with E-state index in [0.717, 1.165) is 18.4 Å². The summed E-state index contributed by atoms with van der Waals surface area (Å²) in [6.45, 7) is 5.76. The number of hydrogen-bond donors (Lipinski definition) is 1. The van der Waals surface area contributed by atoms with Crippen molar-refractivity contribution in [3.63, 3.8) is 0 Å². The fourth-order valence-corrected chi connectivity index (χ4v) is 2.98. The van der Waals surface area contributed by atoms with Crippen LogP contribution in [0.1, 0.15) is 38.7 Å². The van der Waals surface area contributed by atoms with Crippen LogP contribution in [0.2, 0.25) is 0 Å². The van der Waals surface area contributed by atoms with Gasteiger partial charge in [0.25, 0.3) is 0 Å². The van der Waals surface area contributed by atoms with Crippen LogP contribution in [-0.4, -0.2) is 20.1 Å². The number of benzene rings is 1. The van der Waals surface area contributed by atoms with E-state index in [0.29, 0.717) is 6.04 Å². The summed E-state index contributed by atoms with van der Waals surface area (Å²) in [6, 6.07) is 9.56. The van der Waals surface area contributed by atoms with Gasteiger partial charge in [-0.3, -0.25) is 0 Å². The number of rotatable bonds is 4. The Morgan fingerprint density at radius 3 is 2.42 bits per heavy atom. The van der Waals surface area contributed by atoms with Gasteiger partial charge in [-0.25, -0.2) is 0 Å². The van der Waals surface area contributed by atoms with E-state index in [1.54, 1.807) is 0 Å². The van der Waals surface area contributed by atoms with Gasteiger partial charge >= 0.3 is 0 Å². The molecule has 1 saturated carbocycles. The molecule has 0 aromatic heterocycles. The second-order valence-electron chi connectivity index (χ2n) is 6.44. The van der Waals surface area contributed by atoms with Crippen molar-refractivity contribution in [2.75, 3.05) is 19.0 Å². The van der Waals surface area contributed by atoms with E-state index >= 15 is 0 Å². The van der Waals surface area contributed by atoms with E-state index < -0.39 is 0 Å². The molecule has 2 heteroatoms. The highest BCUT2D eigenvalue weighted by Gasteiger charge is 2.24. The van der Waals surface area contributed by atoms with Crippen LogP contribution in [0.5, 0.6) is 0 Å². The van der Waals surface area contributed by atoms with Gasteiger partial charge in [0, 0.05) is 32.4 Å². The van der Waals surface area contributed by atoms with Crippen LogP contribution in [-0.2, 0) is 6.54 Å². The van der Waals surface area contributed by atoms with Crippen molar-refractivity contribution in [2.24, 2.45) is 11.8 Å². The lowest BCUT2D eigenvalue weighted by atomic mass is 9.80. The van der Waals surface area contributed by atoms with E-state index in [1.807, 2.05) is 0 Å². The van der Waals surface area contributed by atoms with E-state index in [-0.39, 0.29) is 0 Å². The molecule has 0 bridgehead atoms. The predicted molar refractivity (Wildman–Crippen MR) is 83.6 cm³/mol. The van der Waals surface area contributed by atoms with Gasteiger partial charge in [-0.05, 0) is 42.4 Å². The fourth-order valence-electron chi connectivity index (χ4n) is 2.98. The van der Waals surface area contributed by atoms with Crippen molar-refractivity contribution in [3.05, 3.63) is 29.8 Å². The van der Waals surface area contributed by atoms with E-state index in [4.69, 9.17) is 0 Å². The summed E-state index contributed by atoms with van der Waals surface area (Å²) < 4.78 is 0. The van der Waals surface area contributed by atoms with Crippen LogP contribution in [0, 0.1) is 11.8 Å². The summed E-state index contributed by atoms with van der Waals surface area (Å²) in [5, 5.41) is 3.75. The first-order valence-corrected chi connectivity index (χ1v) is 7.56. The molecular formula is C17H28N2. The minimum atomic E-state index is 0.692. The molecule has 2 nitrogen and oxygen atoms in total. The maximum atomic E-state index is 3.75. The summed E-state index contributed by atoms with van der Waals surface area (Å²) in [7, 11) is 4.16. The lowest BCUT2D eigenvalue weighted by Crippen LogP contribution is -2.39. The monoisotopic (exact) mass is 260 g/mol. The van der Waals surface area contributed by atoms with E-state index in [1.165, 1.54) is 30.5 Å². The summed E-state index contributed by atoms with van der Waals surface area (Å²) in [6.07, 6.45) is 4.10. The minimum Gasteiger partial charge on any atom is -0.378 e. The van der Waals surface area contributed by atoms with Gasteiger partial charge in [0.05, 0.1) is 0 Å². The molecule has 1 aliphatic rings. The molecule has 1 aromatic rings. The molecule has 106 valence electrons. The van der Waals surface area contributed by atoms with Crippen LogP contribution in [0.4, 0.5) is 5.69 Å². The molecule has 0 spiro atoms. The van der Waals surface area contributed by atoms with Crippen molar-refractivity contribution in [1.82, 2.24) is 5.32 Å². The first-order valence-electron chi connectivity index (χ1n) is 7.56. The molecule has 0 amide bonds. The highest BCUT2D eigenvalue weighted by Crippen LogP contribution is 2.28. The van der Waals surface area contributed by atoms with Gasteiger partial charge < -0.3 is 10.2 Å². The Morgan fingerprint density at radius 1 is 1.11 bits per heavy atom. The molecule has 0 heterocycles. The summed E-state index contributed by atoms with van der Waals surface area (Å²) >= 11 is 0. The Kier molecular flexibility index (Phi) is 4.87. The van der Waals surface area contributed by atoms with Gasteiger partial charge in [-0.15, -0.1) is 0 Å². The third-order valence-electron chi connectivity index (χ3n) is 4.48. The highest BCUT2D eigenvalue weighted by atomic mass is 15.1. The quantitative estimate of drug-likeness (QED) is 0.888. The smallest absolute Gasteiger partial charge is 0.0361 e. The van der Waals surface area contributed by atoms with Gasteiger partial charge in [-0.2, -0.15) is 0 Å². The Bertz CT molecular complexity index is 383. The molecule has 1 fully saturated rings.